The predicted octanol–water partition coefficient (Wildman–Crippen LogP) is 7.04. The Kier molecular flexibility index (Phi) is 20.6. The molecule has 0 spiro atoms. The molecule has 22 heteroatoms. The van der Waals surface area contributed by atoms with Gasteiger partial charge in [0.1, 0.15) is 43.7 Å². The van der Waals surface area contributed by atoms with Crippen LogP contribution in [-0.4, -0.2) is 164 Å². The minimum Gasteiger partial charge on any atom is -0.493 e. The molecule has 86 heavy (non-hydrogen) atoms. The summed E-state index contributed by atoms with van der Waals surface area (Å²) in [4.78, 5) is 116. The van der Waals surface area contributed by atoms with Gasteiger partial charge in [0, 0.05) is 93.6 Å². The monoisotopic (exact) mass is 1170 g/mol. The Labute approximate surface area is 498 Å². The number of nitrogens with two attached hydrogens (primary N) is 1. The van der Waals surface area contributed by atoms with E-state index in [0.29, 0.717) is 95.1 Å². The fraction of sp³-hybridized carbons (Fsp3) is 0.391. The number of rotatable bonds is 25. The van der Waals surface area contributed by atoms with Gasteiger partial charge in [-0.1, -0.05) is 0 Å². The summed E-state index contributed by atoms with van der Waals surface area (Å²) in [6.45, 7) is 4.36. The maximum atomic E-state index is 13.6. The average Bonchev–Trinajstić information content (AvgIpc) is 2.07. The van der Waals surface area contributed by atoms with E-state index in [1.54, 1.807) is 38.5 Å². The molecule has 2 saturated heterocycles. The van der Waals surface area contributed by atoms with Gasteiger partial charge >= 0.3 is 0 Å². The van der Waals surface area contributed by atoms with Gasteiger partial charge < -0.3 is 44.0 Å². The number of amides is 6. The van der Waals surface area contributed by atoms with Gasteiger partial charge in [0.2, 0.25) is 0 Å². The number of fused-ring (bicyclic) bond motifs is 4. The van der Waals surface area contributed by atoms with Gasteiger partial charge in [0.25, 0.3) is 35.4 Å². The van der Waals surface area contributed by atoms with Crippen molar-refractivity contribution < 1.29 is 66.8 Å². The fourth-order valence-electron chi connectivity index (χ4n) is 10.6. The van der Waals surface area contributed by atoms with Crippen molar-refractivity contribution in [3.63, 3.8) is 0 Å². The summed E-state index contributed by atoms with van der Waals surface area (Å²) in [5.74, 6) is 1.25. The number of piperidine rings is 2. The summed E-state index contributed by atoms with van der Waals surface area (Å²) >= 11 is 0. The van der Waals surface area contributed by atoms with Crippen LogP contribution in [0.15, 0.2) is 106 Å². The van der Waals surface area contributed by atoms with Gasteiger partial charge in [-0.05, 0) is 130 Å². The Morgan fingerprint density at radius 2 is 1.03 bits per heavy atom. The van der Waals surface area contributed by atoms with Crippen molar-refractivity contribution in [1.29, 1.82) is 0 Å². The van der Waals surface area contributed by atoms with Gasteiger partial charge in [-0.15, -0.1) is 0 Å². The van der Waals surface area contributed by atoms with Crippen molar-refractivity contribution in [1.82, 2.24) is 19.6 Å². The molecule has 0 aliphatic carbocycles. The van der Waals surface area contributed by atoms with E-state index in [-0.39, 0.29) is 118 Å². The van der Waals surface area contributed by atoms with Crippen LogP contribution in [0.25, 0.3) is 0 Å². The third-order valence-electron chi connectivity index (χ3n) is 15.3. The van der Waals surface area contributed by atoms with E-state index in [9.17, 15) is 38.4 Å². The van der Waals surface area contributed by atoms with Crippen molar-refractivity contribution >= 4 is 76.5 Å². The standard InChI is InChI=1S/C55H58N6O11.C9H12N2O3/c1-35(56-32-41(62)11-8-20-61-52(63)16-17-53(61)64)38-12-14-42(15-13-38)69-21-22-70-43-24-36(33-71-50-28-46-44(26-48(50)67-2)54(65)59-18-6-4-9-39(59)30-57-46)23-37(25-43)34-72-51-29-47-45(27-49(51)68-3)55(66)60-19-7-5-10-40(60)31-58-47;10-6-7(12)2-1-5-11-8(13)3-4-9(11)14/h12-17,23-31,39-40H,4-11,18-22,32-34H2,1-3H3;3-4H,1-2,5-6,10H2/t39-,40-;/m0./s1. The number of hydrogen-bond donors (Lipinski definition) is 1. The number of nitrogens with zero attached hydrogens (tertiary/aromatic N) is 7. The quantitative estimate of drug-likeness (QED) is 0.0396. The van der Waals surface area contributed by atoms with E-state index >= 15 is 0 Å². The molecular formula is C64H70N8O14. The molecule has 2 atom stereocenters. The lowest BCUT2D eigenvalue weighted by Gasteiger charge is -2.32. The molecule has 0 bridgehead atoms. The van der Waals surface area contributed by atoms with E-state index in [4.69, 9.17) is 44.1 Å². The molecular weight excluding hydrogens is 1100 g/mol. The van der Waals surface area contributed by atoms with Crippen LogP contribution < -0.4 is 34.2 Å². The second kappa shape index (κ2) is 29.0. The molecule has 6 heterocycles. The molecule has 0 radical (unpaired) electrons. The lowest BCUT2D eigenvalue weighted by atomic mass is 10.0. The first kappa shape index (κ1) is 61.3. The topological polar surface area (TPSA) is 268 Å². The molecule has 2 fully saturated rings. The highest BCUT2D eigenvalue weighted by Gasteiger charge is 2.33. The molecule has 0 saturated carbocycles. The van der Waals surface area contributed by atoms with Gasteiger partial charge in [0.15, 0.2) is 28.8 Å². The van der Waals surface area contributed by atoms with Gasteiger partial charge in [-0.2, -0.15) is 0 Å². The first-order valence-electron chi connectivity index (χ1n) is 28.9. The normalized spacial score (nSPS) is 17.7. The largest absolute Gasteiger partial charge is 0.493 e. The number of carbonyl (C=O) groups is 8. The zero-order valence-electron chi connectivity index (χ0n) is 48.5. The summed E-state index contributed by atoms with van der Waals surface area (Å²) in [7, 11) is 3.09. The molecule has 0 unspecified atom stereocenters. The molecule has 6 aliphatic rings. The van der Waals surface area contributed by atoms with Crippen LogP contribution in [0.5, 0.6) is 34.5 Å². The maximum Gasteiger partial charge on any atom is 0.256 e. The summed E-state index contributed by atoms with van der Waals surface area (Å²) in [5, 5.41) is 0. The number of hydrogen-bond acceptors (Lipinski definition) is 18. The summed E-state index contributed by atoms with van der Waals surface area (Å²) < 4.78 is 36.6. The third kappa shape index (κ3) is 15.3. The van der Waals surface area contributed by atoms with Crippen molar-refractivity contribution in [2.24, 2.45) is 20.7 Å². The van der Waals surface area contributed by atoms with E-state index in [0.717, 1.165) is 65.0 Å². The minimum absolute atomic E-state index is 0.000261. The van der Waals surface area contributed by atoms with Gasteiger partial charge in [-0.25, -0.2) is 0 Å². The Morgan fingerprint density at radius 3 is 1.50 bits per heavy atom. The number of methoxy groups -OCH3 is 2. The number of imide groups is 2. The fourth-order valence-corrected chi connectivity index (χ4v) is 10.6. The number of benzene rings is 4. The highest BCUT2D eigenvalue weighted by atomic mass is 16.5. The first-order valence-corrected chi connectivity index (χ1v) is 28.9. The third-order valence-corrected chi connectivity index (χ3v) is 15.3. The smallest absolute Gasteiger partial charge is 0.256 e. The molecule has 4 aromatic rings. The Morgan fingerprint density at radius 1 is 0.570 bits per heavy atom. The number of Topliss-reactive ketones (excluding diaryl/α,β-unsaturated/α-hetero) is 2. The number of carbonyl (C=O) groups excluding carboxylic acids is 8. The van der Waals surface area contributed by atoms with Crippen molar-refractivity contribution in [3.8, 4) is 34.5 Å². The second-order valence-corrected chi connectivity index (χ2v) is 21.2. The van der Waals surface area contributed by atoms with Gasteiger partial charge in [-0.3, -0.25) is 63.1 Å². The lowest BCUT2D eigenvalue weighted by Crippen LogP contribution is -2.43. The van der Waals surface area contributed by atoms with Crippen LogP contribution in [0.3, 0.4) is 0 Å². The summed E-state index contributed by atoms with van der Waals surface area (Å²) in [6.07, 6.45) is 15.8. The Bertz CT molecular complexity index is 3250. The van der Waals surface area contributed by atoms with Crippen LogP contribution >= 0.6 is 0 Å². The van der Waals surface area contributed by atoms with E-state index in [2.05, 4.69) is 4.99 Å². The minimum atomic E-state index is -0.358. The molecule has 450 valence electrons. The van der Waals surface area contributed by atoms with E-state index < -0.39 is 0 Å². The second-order valence-electron chi connectivity index (χ2n) is 21.2. The number of ether oxygens (including phenoxy) is 6. The molecule has 10 rings (SSSR count). The summed E-state index contributed by atoms with van der Waals surface area (Å²) in [5.41, 5.74) is 10.2. The zero-order chi connectivity index (χ0) is 60.7. The predicted molar refractivity (Wildman–Crippen MR) is 319 cm³/mol. The Balaban J connectivity index is 0.000000555. The van der Waals surface area contributed by atoms with Crippen molar-refractivity contribution in [2.75, 3.05) is 66.7 Å². The molecule has 22 nitrogen and oxygen atoms in total. The van der Waals surface area contributed by atoms with E-state index in [1.165, 1.54) is 24.3 Å². The lowest BCUT2D eigenvalue weighted by molar-refractivity contribution is -0.138. The first-order chi connectivity index (χ1) is 41.7. The molecule has 2 N–H and O–H groups in total. The zero-order valence-corrected chi connectivity index (χ0v) is 48.5. The molecule has 6 amide bonds. The highest BCUT2D eigenvalue weighted by Crippen LogP contribution is 2.40. The van der Waals surface area contributed by atoms with Crippen molar-refractivity contribution in [3.05, 3.63) is 119 Å². The summed E-state index contributed by atoms with van der Waals surface area (Å²) in [6, 6.07) is 19.9. The maximum absolute atomic E-state index is 13.6. The average molecular weight is 1180 g/mol. The Hall–Kier alpha value is -9.31. The SMILES string of the molecule is COc1cc2c(cc1OCc1cc(COc3cc4c(cc3OC)C(=O)N3CCCC[C@H]3C=N4)cc(OCCOc3ccc(C(C)=NCC(=O)CCCN4C(=O)C=CC4=O)cc3)c1)N=C[C@@H]1CCCCN1C2=O.NCC(=O)CCCN1C(=O)C=CC1=O. The van der Waals surface area contributed by atoms with Crippen LogP contribution in [0.2, 0.25) is 0 Å². The van der Waals surface area contributed by atoms with Crippen LogP contribution in [0.4, 0.5) is 11.4 Å². The van der Waals surface area contributed by atoms with Crippen molar-refractivity contribution in [2.45, 2.75) is 96.4 Å². The molecule has 0 aromatic heterocycles. The van der Waals surface area contributed by atoms with Crippen LogP contribution in [0.1, 0.15) is 109 Å². The molecule has 6 aliphatic heterocycles. The van der Waals surface area contributed by atoms with Crippen LogP contribution in [-0.2, 0) is 42.0 Å². The highest BCUT2D eigenvalue weighted by molar-refractivity contribution is 6.13. The number of ketones is 2. The van der Waals surface area contributed by atoms with E-state index in [1.807, 2.05) is 71.6 Å². The van der Waals surface area contributed by atoms with Gasteiger partial charge in [0.05, 0.1) is 61.9 Å². The number of aliphatic imine (C=N–C) groups is 3. The molecule has 4 aromatic carbocycles. The van der Waals surface area contributed by atoms with Crippen LogP contribution in [0, 0.1) is 0 Å².